The van der Waals surface area contributed by atoms with Crippen molar-refractivity contribution in [2.75, 3.05) is 7.05 Å². The topological polar surface area (TPSA) is 86.6 Å². The van der Waals surface area contributed by atoms with Crippen LogP contribution >= 0.6 is 11.3 Å². The molecule has 1 aliphatic heterocycles. The van der Waals surface area contributed by atoms with Gasteiger partial charge in [-0.3, -0.25) is 4.99 Å². The molecule has 0 saturated heterocycles. The van der Waals surface area contributed by atoms with Gasteiger partial charge in [-0.1, -0.05) is 30.3 Å². The SMILES string of the molecule is CN=Cc1cccc(-c2csc(C3=C(C)NC(=O)NC3c3ccc(O)cc3)n2)c1. The summed E-state index contributed by atoms with van der Waals surface area (Å²) in [5, 5.41) is 18.3. The molecule has 1 aliphatic rings. The van der Waals surface area contributed by atoms with E-state index in [1.54, 1.807) is 31.3 Å². The summed E-state index contributed by atoms with van der Waals surface area (Å²) in [6, 6.07) is 14.3. The molecule has 0 spiro atoms. The summed E-state index contributed by atoms with van der Waals surface area (Å²) in [5.41, 5.74) is 5.46. The van der Waals surface area contributed by atoms with E-state index in [9.17, 15) is 9.90 Å². The summed E-state index contributed by atoms with van der Waals surface area (Å²) in [6.45, 7) is 1.88. The molecule has 0 radical (unpaired) electrons. The van der Waals surface area contributed by atoms with Crippen LogP contribution in [0.25, 0.3) is 16.8 Å². The van der Waals surface area contributed by atoms with Crippen molar-refractivity contribution in [3.8, 4) is 17.0 Å². The molecule has 0 saturated carbocycles. The smallest absolute Gasteiger partial charge is 0.319 e. The summed E-state index contributed by atoms with van der Waals surface area (Å²) in [7, 11) is 1.75. The number of carbonyl (C=O) groups is 1. The number of hydrogen-bond donors (Lipinski definition) is 3. The minimum atomic E-state index is -0.345. The molecule has 0 bridgehead atoms. The average Bonchev–Trinajstić information content (AvgIpc) is 3.18. The van der Waals surface area contributed by atoms with E-state index in [1.807, 2.05) is 42.8 Å². The van der Waals surface area contributed by atoms with Crippen molar-refractivity contribution in [1.29, 1.82) is 0 Å². The Kier molecular flexibility index (Phi) is 5.14. The quantitative estimate of drug-likeness (QED) is 0.565. The highest BCUT2D eigenvalue weighted by Crippen LogP contribution is 2.37. The first kappa shape index (κ1) is 18.9. The molecule has 1 aromatic heterocycles. The van der Waals surface area contributed by atoms with Crippen molar-refractivity contribution in [2.24, 2.45) is 4.99 Å². The second kappa shape index (κ2) is 7.89. The maximum atomic E-state index is 12.1. The van der Waals surface area contributed by atoms with Gasteiger partial charge in [-0.2, -0.15) is 0 Å². The third-order valence-corrected chi connectivity index (χ3v) is 5.57. The number of phenolic OH excluding ortho intramolecular Hbond substituents is 1. The Morgan fingerprint density at radius 2 is 2.00 bits per heavy atom. The largest absolute Gasteiger partial charge is 0.508 e. The number of benzene rings is 2. The number of aromatic hydroxyl groups is 1. The van der Waals surface area contributed by atoms with Crippen LogP contribution in [0.15, 0.2) is 64.6 Å². The number of urea groups is 1. The van der Waals surface area contributed by atoms with Crippen LogP contribution < -0.4 is 10.6 Å². The predicted molar refractivity (Wildman–Crippen MR) is 116 cm³/mol. The van der Waals surface area contributed by atoms with Gasteiger partial charge < -0.3 is 15.7 Å². The second-order valence-electron chi connectivity index (χ2n) is 6.71. The standard InChI is InChI=1S/C22H20N4O2S/c1-13-19(20(26-22(28)24-13)15-6-8-17(27)9-7-15)21-25-18(12-29-21)16-5-3-4-14(10-16)11-23-2/h3-12,20,27H,1-2H3,(H2,24,26,28). The lowest BCUT2D eigenvalue weighted by atomic mass is 9.96. The zero-order valence-corrected chi connectivity index (χ0v) is 16.8. The Balaban J connectivity index is 1.74. The van der Waals surface area contributed by atoms with E-state index in [1.165, 1.54) is 11.3 Å². The van der Waals surface area contributed by atoms with Crippen LogP contribution in [0.2, 0.25) is 0 Å². The molecule has 0 aliphatic carbocycles. The fraction of sp³-hybridized carbons (Fsp3) is 0.136. The summed E-state index contributed by atoms with van der Waals surface area (Å²) < 4.78 is 0. The maximum Gasteiger partial charge on any atom is 0.319 e. The summed E-state index contributed by atoms with van der Waals surface area (Å²) >= 11 is 1.53. The monoisotopic (exact) mass is 404 g/mol. The molecule has 146 valence electrons. The van der Waals surface area contributed by atoms with E-state index < -0.39 is 0 Å². The first-order valence-electron chi connectivity index (χ1n) is 9.11. The summed E-state index contributed by atoms with van der Waals surface area (Å²) in [4.78, 5) is 21.0. The Morgan fingerprint density at radius 3 is 2.76 bits per heavy atom. The van der Waals surface area contributed by atoms with Gasteiger partial charge in [0.2, 0.25) is 0 Å². The number of carbonyl (C=O) groups excluding carboxylic acids is 1. The number of rotatable bonds is 4. The van der Waals surface area contributed by atoms with Gasteiger partial charge >= 0.3 is 6.03 Å². The first-order valence-corrected chi connectivity index (χ1v) is 9.99. The van der Waals surface area contributed by atoms with Crippen LogP contribution in [0, 0.1) is 0 Å². The molecule has 1 unspecified atom stereocenters. The van der Waals surface area contributed by atoms with Crippen LogP contribution in [-0.2, 0) is 0 Å². The molecular weight excluding hydrogens is 384 g/mol. The van der Waals surface area contributed by atoms with Crippen LogP contribution in [0.1, 0.15) is 29.1 Å². The molecule has 29 heavy (non-hydrogen) atoms. The Hall–Kier alpha value is -3.45. The molecule has 1 atom stereocenters. The average molecular weight is 404 g/mol. The first-order chi connectivity index (χ1) is 14.0. The fourth-order valence-electron chi connectivity index (χ4n) is 3.35. The van der Waals surface area contributed by atoms with E-state index in [2.05, 4.69) is 15.6 Å². The van der Waals surface area contributed by atoms with Gasteiger partial charge in [0.05, 0.1) is 11.7 Å². The molecule has 7 heteroatoms. The van der Waals surface area contributed by atoms with Gasteiger partial charge in [-0.25, -0.2) is 9.78 Å². The Morgan fingerprint density at radius 1 is 1.21 bits per heavy atom. The number of phenols is 1. The number of allylic oxidation sites excluding steroid dienone is 1. The molecule has 0 fully saturated rings. The number of aliphatic imine (C=N–C) groups is 1. The molecular formula is C22H20N4O2S. The molecule has 3 N–H and O–H groups in total. The van der Waals surface area contributed by atoms with Gasteiger partial charge in [0, 0.05) is 35.5 Å². The molecule has 2 heterocycles. The Labute approximate surface area is 172 Å². The maximum absolute atomic E-state index is 12.1. The van der Waals surface area contributed by atoms with Crippen LogP contribution in [-0.4, -0.2) is 29.4 Å². The second-order valence-corrected chi connectivity index (χ2v) is 7.57. The van der Waals surface area contributed by atoms with Gasteiger partial charge in [0.15, 0.2) is 0 Å². The van der Waals surface area contributed by atoms with E-state index in [-0.39, 0.29) is 17.8 Å². The molecule has 2 aromatic carbocycles. The summed E-state index contributed by atoms with van der Waals surface area (Å²) in [6.07, 6.45) is 1.81. The highest BCUT2D eigenvalue weighted by atomic mass is 32.1. The van der Waals surface area contributed by atoms with Crippen molar-refractivity contribution >= 4 is 29.2 Å². The lowest BCUT2D eigenvalue weighted by Crippen LogP contribution is -2.42. The number of thiazole rings is 1. The van der Waals surface area contributed by atoms with E-state index in [4.69, 9.17) is 4.98 Å². The third kappa shape index (κ3) is 3.90. The Bertz CT molecular complexity index is 1120. The lowest BCUT2D eigenvalue weighted by Gasteiger charge is -2.28. The highest BCUT2D eigenvalue weighted by molar-refractivity contribution is 7.11. The van der Waals surface area contributed by atoms with Gasteiger partial charge in [-0.05, 0) is 36.2 Å². The molecule has 6 nitrogen and oxygen atoms in total. The number of nitrogens with zero attached hydrogens (tertiary/aromatic N) is 2. The molecule has 3 aromatic rings. The molecule has 4 rings (SSSR count). The highest BCUT2D eigenvalue weighted by Gasteiger charge is 2.29. The van der Waals surface area contributed by atoms with E-state index in [0.29, 0.717) is 0 Å². The van der Waals surface area contributed by atoms with Crippen LogP contribution in [0.5, 0.6) is 5.75 Å². The van der Waals surface area contributed by atoms with Crippen molar-refractivity contribution < 1.29 is 9.90 Å². The van der Waals surface area contributed by atoms with Crippen molar-refractivity contribution in [3.05, 3.63) is 75.7 Å². The fourth-order valence-corrected chi connectivity index (χ4v) is 4.31. The van der Waals surface area contributed by atoms with Crippen LogP contribution in [0.4, 0.5) is 4.79 Å². The van der Waals surface area contributed by atoms with Crippen molar-refractivity contribution in [3.63, 3.8) is 0 Å². The van der Waals surface area contributed by atoms with E-state index in [0.717, 1.165) is 38.7 Å². The van der Waals surface area contributed by atoms with Gasteiger partial charge in [-0.15, -0.1) is 11.3 Å². The van der Waals surface area contributed by atoms with Crippen molar-refractivity contribution in [2.45, 2.75) is 13.0 Å². The molecule has 2 amide bonds. The normalized spacial score (nSPS) is 16.8. The summed E-state index contributed by atoms with van der Waals surface area (Å²) in [5.74, 6) is 0.184. The number of nitrogens with one attached hydrogen (secondary N) is 2. The van der Waals surface area contributed by atoms with E-state index >= 15 is 0 Å². The lowest BCUT2D eigenvalue weighted by molar-refractivity contribution is 0.240. The van der Waals surface area contributed by atoms with Crippen LogP contribution in [0.3, 0.4) is 0 Å². The number of amides is 2. The minimum Gasteiger partial charge on any atom is -0.508 e. The third-order valence-electron chi connectivity index (χ3n) is 4.69. The van der Waals surface area contributed by atoms with Gasteiger partial charge in [0.1, 0.15) is 10.8 Å². The number of aromatic nitrogens is 1. The zero-order chi connectivity index (χ0) is 20.4. The zero-order valence-electron chi connectivity index (χ0n) is 16.0. The van der Waals surface area contributed by atoms with Gasteiger partial charge in [0.25, 0.3) is 0 Å². The number of hydrogen-bond acceptors (Lipinski definition) is 5. The predicted octanol–water partition coefficient (Wildman–Crippen LogP) is 4.35. The van der Waals surface area contributed by atoms with Crippen molar-refractivity contribution in [1.82, 2.24) is 15.6 Å². The minimum absolute atomic E-state index is 0.184.